The first-order valence-corrected chi connectivity index (χ1v) is 13.0. The molecule has 2 aliphatic heterocycles. The number of ether oxygens (including phenoxy) is 3. The number of fused-ring (bicyclic) bond motifs is 1. The van der Waals surface area contributed by atoms with Gasteiger partial charge in [-0.1, -0.05) is 6.08 Å². The van der Waals surface area contributed by atoms with Crippen LogP contribution in [-0.2, 0) is 14.3 Å². The third kappa shape index (κ3) is 2.35. The van der Waals surface area contributed by atoms with Crippen LogP contribution in [-0.4, -0.2) is 50.9 Å². The zero-order chi connectivity index (χ0) is 26.5. The van der Waals surface area contributed by atoms with Crippen LogP contribution in [0, 0.1) is 52.3 Å². The molecule has 0 amide bonds. The van der Waals surface area contributed by atoms with Gasteiger partial charge in [-0.3, -0.25) is 9.69 Å². The molecule has 1 aromatic carbocycles. The molecule has 4 unspecified atom stereocenters. The predicted molar refractivity (Wildman–Crippen MR) is 121 cm³/mol. The number of likely N-dealkylation sites (tertiary alicyclic amines) is 1. The van der Waals surface area contributed by atoms with Crippen LogP contribution in [0.25, 0.3) is 0 Å². The first-order chi connectivity index (χ1) is 18.0. The lowest BCUT2D eigenvalue weighted by Crippen LogP contribution is -3.02. The fourth-order valence-electron chi connectivity index (χ4n) is 8.65. The zero-order valence-corrected chi connectivity index (χ0v) is 20.4. The molecule has 5 saturated carbocycles. The summed E-state index contributed by atoms with van der Waals surface area (Å²) in [5.74, 6) is -12.3. The number of rotatable bonds is 4. The molecule has 0 aromatic heterocycles. The van der Waals surface area contributed by atoms with Crippen LogP contribution in [0.1, 0.15) is 32.1 Å². The average Bonchev–Trinajstić information content (AvgIpc) is 3.64. The summed E-state index contributed by atoms with van der Waals surface area (Å²) in [5, 5.41) is 11.2. The van der Waals surface area contributed by atoms with Crippen LogP contribution < -0.4 is 4.74 Å². The lowest BCUT2D eigenvalue weighted by atomic mass is 9.26. The molecule has 1 N–H and O–H groups in total. The van der Waals surface area contributed by atoms with E-state index in [2.05, 4.69) is 4.90 Å². The first kappa shape index (κ1) is 23.3. The Balaban J connectivity index is 1.12. The molecule has 200 valence electrons. The van der Waals surface area contributed by atoms with Gasteiger partial charge in [-0.05, 0) is 43.6 Å². The largest absolute Gasteiger partial charge is 0.482 e. The number of halogens is 5. The Morgan fingerprint density at radius 1 is 1.11 bits per heavy atom. The van der Waals surface area contributed by atoms with Crippen molar-refractivity contribution < 1.29 is 46.1 Å². The highest BCUT2D eigenvalue weighted by Crippen LogP contribution is 2.83. The number of Topliss-reactive ketones (excluding diaryl/α,β-unsaturated/α-hetero) is 1. The van der Waals surface area contributed by atoms with Crippen molar-refractivity contribution in [2.75, 3.05) is 6.54 Å². The van der Waals surface area contributed by atoms with E-state index in [0.29, 0.717) is 18.8 Å². The molecule has 6 nitrogen and oxygen atoms in total. The van der Waals surface area contributed by atoms with Gasteiger partial charge in [0.1, 0.15) is 11.4 Å². The Kier molecular flexibility index (Phi) is 4.26. The van der Waals surface area contributed by atoms with Crippen molar-refractivity contribution in [3.63, 3.8) is 0 Å². The number of allylic oxidation sites excluding steroid dienone is 3. The van der Waals surface area contributed by atoms with Gasteiger partial charge in [0.05, 0.1) is 11.0 Å². The molecule has 8 aliphatic rings. The highest BCUT2D eigenvalue weighted by molar-refractivity contribution is 7.79. The Bertz CT molecular complexity index is 1420. The van der Waals surface area contributed by atoms with Gasteiger partial charge in [-0.15, -0.1) is 0 Å². The highest BCUT2D eigenvalue weighted by atomic mass is 32.1. The molecule has 6 aliphatic carbocycles. The number of hydrogen-bond acceptors (Lipinski definition) is 7. The molecule has 9 rings (SSSR count). The number of nitrogens with zero attached hydrogens (tertiary/aromatic N) is 1. The van der Waals surface area contributed by atoms with Crippen molar-refractivity contribution in [1.29, 1.82) is 0 Å². The number of piperidine rings is 1. The molecule has 7 fully saturated rings. The summed E-state index contributed by atoms with van der Waals surface area (Å²) in [6.07, 6.45) is 6.35. The van der Waals surface area contributed by atoms with Crippen LogP contribution in [0.5, 0.6) is 5.75 Å². The summed E-state index contributed by atoms with van der Waals surface area (Å²) in [5.41, 5.74) is -2.49. The van der Waals surface area contributed by atoms with Crippen molar-refractivity contribution in [2.45, 2.75) is 55.4 Å². The van der Waals surface area contributed by atoms with Gasteiger partial charge in [0.25, 0.3) is 0 Å². The van der Waals surface area contributed by atoms with Crippen molar-refractivity contribution in [2.24, 2.45) is 23.2 Å². The molecular weight excluding hydrogens is 533 g/mol. The monoisotopic (exact) mass is 553 g/mol. The van der Waals surface area contributed by atoms with E-state index in [0.717, 1.165) is 19.4 Å². The van der Waals surface area contributed by atoms with Crippen LogP contribution >= 0.6 is 12.2 Å². The van der Waals surface area contributed by atoms with Crippen molar-refractivity contribution in [3.05, 3.63) is 52.8 Å². The molecule has 2 heterocycles. The standard InChI is InChI=1S/C26H20F5NO5S/c27-15-16(28)18(30)21(19(31)17(15)29)37-23(38)35-12-4-3-10-5-13-26(34)24(32(13)7-9-1-2-9)6-11(33)22-25(26,8-24)14(10)20(12)36-22/h3-4,9-10,13-14,22,34H,1-2,5-8H2/t10?,13?,14?,22-,24?,25-,26-/m0/s1. The number of benzene rings is 1. The fourth-order valence-corrected chi connectivity index (χ4v) is 8.82. The number of carbonyl (C=O) groups is 1. The highest BCUT2D eigenvalue weighted by Gasteiger charge is 2.96. The third-order valence-electron chi connectivity index (χ3n) is 10.1. The van der Waals surface area contributed by atoms with Crippen molar-refractivity contribution in [3.8, 4) is 5.75 Å². The van der Waals surface area contributed by atoms with E-state index in [-0.39, 0.29) is 41.6 Å². The Morgan fingerprint density at radius 2 is 1.79 bits per heavy atom. The van der Waals surface area contributed by atoms with Crippen LogP contribution in [0.15, 0.2) is 23.7 Å². The van der Waals surface area contributed by atoms with Gasteiger partial charge in [0.2, 0.25) is 34.8 Å². The van der Waals surface area contributed by atoms with E-state index < -0.39 is 62.7 Å². The summed E-state index contributed by atoms with van der Waals surface area (Å²) in [6.45, 7) is 0.878. The predicted octanol–water partition coefficient (Wildman–Crippen LogP) is 3.81. The quantitative estimate of drug-likeness (QED) is 0.263. The average molecular weight is 554 g/mol. The molecule has 38 heavy (non-hydrogen) atoms. The van der Waals surface area contributed by atoms with Gasteiger partial charge < -0.3 is 19.3 Å². The summed E-state index contributed by atoms with van der Waals surface area (Å²) in [6, 6.07) is -0.0811. The van der Waals surface area contributed by atoms with E-state index in [1.807, 2.05) is 6.08 Å². The molecule has 12 heteroatoms. The number of aliphatic hydroxyl groups is 1. The lowest BCUT2D eigenvalue weighted by Gasteiger charge is -2.87. The third-order valence-corrected chi connectivity index (χ3v) is 10.2. The molecule has 1 aromatic rings. The maximum atomic E-state index is 14.1. The molecule has 2 bridgehead atoms. The van der Waals surface area contributed by atoms with Gasteiger partial charge >= 0.3 is 5.24 Å². The molecule has 0 radical (unpaired) electrons. The molecule has 7 atom stereocenters. The van der Waals surface area contributed by atoms with E-state index in [4.69, 9.17) is 26.4 Å². The van der Waals surface area contributed by atoms with Crippen molar-refractivity contribution >= 4 is 23.2 Å². The topological polar surface area (TPSA) is 68.2 Å². The minimum atomic E-state index is -2.33. The van der Waals surface area contributed by atoms with Crippen LogP contribution in [0.4, 0.5) is 22.0 Å². The summed E-state index contributed by atoms with van der Waals surface area (Å²) in [7, 11) is 0. The fraction of sp³-hybridized carbons (Fsp3) is 0.538. The normalized spacial score (nSPS) is 41.3. The lowest BCUT2D eigenvalue weighted by molar-refractivity contribution is -0.430. The molecule has 2 saturated heterocycles. The number of carbonyl (C=O) groups excluding carboxylic acids is 1. The number of ketones is 1. The van der Waals surface area contributed by atoms with Gasteiger partial charge in [-0.25, -0.2) is 13.2 Å². The number of hydrogen-bond donors (Lipinski definition) is 1. The summed E-state index contributed by atoms with van der Waals surface area (Å²) < 4.78 is 85.1. The smallest absolute Gasteiger partial charge is 0.363 e. The van der Waals surface area contributed by atoms with E-state index in [9.17, 15) is 31.9 Å². The zero-order valence-electron chi connectivity index (χ0n) is 19.6. The second-order valence-corrected chi connectivity index (χ2v) is 11.9. The Morgan fingerprint density at radius 3 is 2.47 bits per heavy atom. The maximum Gasteiger partial charge on any atom is 0.363 e. The van der Waals surface area contributed by atoms with Crippen LogP contribution in [0.3, 0.4) is 0 Å². The number of thiocarbonyl (C=S) groups is 1. The summed E-state index contributed by atoms with van der Waals surface area (Å²) >= 11 is 4.92. The maximum absolute atomic E-state index is 14.1. The minimum Gasteiger partial charge on any atom is -0.482 e. The van der Waals surface area contributed by atoms with Gasteiger partial charge in [-0.2, -0.15) is 8.78 Å². The molecular formula is C26H20F5NO5S. The molecule has 2 spiro atoms. The van der Waals surface area contributed by atoms with Crippen LogP contribution in [0.2, 0.25) is 0 Å². The van der Waals surface area contributed by atoms with Gasteiger partial charge in [0, 0.05) is 37.1 Å². The second-order valence-electron chi connectivity index (χ2n) is 11.6. The van der Waals surface area contributed by atoms with E-state index >= 15 is 0 Å². The van der Waals surface area contributed by atoms with E-state index in [1.165, 1.54) is 0 Å². The minimum absolute atomic E-state index is 0.00501. The second kappa shape index (κ2) is 6.95. The van der Waals surface area contributed by atoms with Gasteiger partial charge in [0.15, 0.2) is 17.6 Å². The van der Waals surface area contributed by atoms with E-state index in [1.54, 1.807) is 6.08 Å². The first-order valence-electron chi connectivity index (χ1n) is 12.6. The van der Waals surface area contributed by atoms with Crippen molar-refractivity contribution in [1.82, 2.24) is 4.90 Å². The SMILES string of the molecule is O=C1CC23C[C@@]45C6C(=C(OC(=S)Oc7c(F)c(F)c(F)c(F)c7F)C=CC6CC(N2CC2CC2)[C@]34O)O[C@@H]15. The summed E-state index contributed by atoms with van der Waals surface area (Å²) in [4.78, 5) is 15.7. The Hall–Kier alpha value is -2.57. The Labute approximate surface area is 218 Å².